The van der Waals surface area contributed by atoms with Crippen LogP contribution in [0, 0.1) is 11.8 Å². The van der Waals surface area contributed by atoms with Gasteiger partial charge in [0.1, 0.15) is 0 Å². The lowest BCUT2D eigenvalue weighted by molar-refractivity contribution is 0.0462. The van der Waals surface area contributed by atoms with Gasteiger partial charge in [0.2, 0.25) is 0 Å². The maximum Gasteiger partial charge on any atom is 0.0589 e. The smallest absolute Gasteiger partial charge is 0.0589 e. The molecule has 1 rings (SSSR count). The van der Waals surface area contributed by atoms with Crippen LogP contribution < -0.4 is 0 Å². The van der Waals surface area contributed by atoms with Crippen molar-refractivity contribution in [2.24, 2.45) is 11.8 Å². The predicted octanol–water partition coefficient (Wildman–Crippen LogP) is 3.54. The summed E-state index contributed by atoms with van der Waals surface area (Å²) in [4.78, 5) is 3.31. The maximum atomic E-state index is 5.24. The van der Waals surface area contributed by atoms with Crippen molar-refractivity contribution in [1.29, 1.82) is 0 Å². The first-order chi connectivity index (χ1) is 8.15. The van der Waals surface area contributed by atoms with Gasteiger partial charge in [-0.25, -0.2) is 0 Å². The summed E-state index contributed by atoms with van der Waals surface area (Å²) >= 11 is 3.86. The summed E-state index contributed by atoms with van der Waals surface area (Å²) in [5, 5.41) is 0. The Morgan fingerprint density at radius 2 is 2.00 bits per heavy atom. The summed E-state index contributed by atoms with van der Waals surface area (Å²) in [5.74, 6) is 1.60. The van der Waals surface area contributed by atoms with Crippen LogP contribution in [0.3, 0.4) is 0 Å². The Balaban J connectivity index is 2.71. The van der Waals surface area contributed by atoms with Gasteiger partial charge in [0.05, 0.1) is 6.61 Å². The molecule has 0 bridgehead atoms. The topological polar surface area (TPSA) is 12.5 Å². The Bertz CT molecular complexity index is 210. The van der Waals surface area contributed by atoms with E-state index in [4.69, 9.17) is 4.74 Å². The third-order valence-corrected chi connectivity index (χ3v) is 5.63. The SMILES string of the molecule is CCC1CCC(Br)C(C)C1N(CC)CCOC. The first kappa shape index (κ1) is 15.5. The average molecular weight is 306 g/mol. The van der Waals surface area contributed by atoms with Crippen LogP contribution in [0.5, 0.6) is 0 Å². The molecule has 4 atom stereocenters. The molecule has 0 aromatic carbocycles. The predicted molar refractivity (Wildman–Crippen MR) is 77.8 cm³/mol. The molecule has 0 aliphatic heterocycles. The molecule has 102 valence electrons. The summed E-state index contributed by atoms with van der Waals surface area (Å²) in [5.41, 5.74) is 0. The number of methoxy groups -OCH3 is 1. The van der Waals surface area contributed by atoms with Crippen molar-refractivity contribution in [3.8, 4) is 0 Å². The molecule has 1 saturated carbocycles. The fourth-order valence-electron chi connectivity index (χ4n) is 3.25. The number of ether oxygens (including phenoxy) is 1. The highest BCUT2D eigenvalue weighted by Gasteiger charge is 2.37. The lowest BCUT2D eigenvalue weighted by Gasteiger charge is -2.45. The number of alkyl halides is 1. The van der Waals surface area contributed by atoms with Gasteiger partial charge in [0, 0.05) is 24.5 Å². The zero-order chi connectivity index (χ0) is 12.8. The summed E-state index contributed by atoms with van der Waals surface area (Å²) in [6.07, 6.45) is 4.00. The molecule has 0 heterocycles. The first-order valence-electron chi connectivity index (χ1n) is 7.02. The van der Waals surface area contributed by atoms with E-state index >= 15 is 0 Å². The minimum Gasteiger partial charge on any atom is -0.383 e. The minimum atomic E-state index is 0.687. The third-order valence-electron chi connectivity index (χ3n) is 4.34. The number of likely N-dealkylation sites (N-methyl/N-ethyl adjacent to an activating group) is 1. The zero-order valence-electron chi connectivity index (χ0n) is 11.8. The highest BCUT2D eigenvalue weighted by Crippen LogP contribution is 2.38. The van der Waals surface area contributed by atoms with Crippen LogP contribution in [0.2, 0.25) is 0 Å². The van der Waals surface area contributed by atoms with Crippen molar-refractivity contribution in [3.05, 3.63) is 0 Å². The minimum absolute atomic E-state index is 0.687. The van der Waals surface area contributed by atoms with Gasteiger partial charge in [-0.15, -0.1) is 0 Å². The van der Waals surface area contributed by atoms with E-state index in [1.54, 1.807) is 7.11 Å². The van der Waals surface area contributed by atoms with E-state index in [2.05, 4.69) is 41.6 Å². The number of halogens is 1. The molecule has 0 aromatic heterocycles. The van der Waals surface area contributed by atoms with E-state index in [0.717, 1.165) is 37.6 Å². The second kappa shape index (κ2) is 7.75. The van der Waals surface area contributed by atoms with Crippen LogP contribution in [0.1, 0.15) is 40.0 Å². The molecule has 0 amide bonds. The van der Waals surface area contributed by atoms with Gasteiger partial charge < -0.3 is 4.74 Å². The number of rotatable bonds is 6. The van der Waals surface area contributed by atoms with Gasteiger partial charge in [-0.1, -0.05) is 43.1 Å². The lowest BCUT2D eigenvalue weighted by atomic mass is 9.75. The van der Waals surface area contributed by atoms with Crippen LogP contribution in [0.25, 0.3) is 0 Å². The van der Waals surface area contributed by atoms with Gasteiger partial charge in [-0.05, 0) is 31.2 Å². The summed E-state index contributed by atoms with van der Waals surface area (Å²) in [7, 11) is 1.79. The molecule has 2 nitrogen and oxygen atoms in total. The molecule has 1 aliphatic rings. The molecule has 0 radical (unpaired) electrons. The maximum absolute atomic E-state index is 5.24. The van der Waals surface area contributed by atoms with Gasteiger partial charge in [-0.2, -0.15) is 0 Å². The van der Waals surface area contributed by atoms with E-state index in [-0.39, 0.29) is 0 Å². The van der Waals surface area contributed by atoms with Gasteiger partial charge in [0.25, 0.3) is 0 Å². The molecule has 0 saturated heterocycles. The molecular weight excluding hydrogens is 278 g/mol. The zero-order valence-corrected chi connectivity index (χ0v) is 13.4. The highest BCUT2D eigenvalue weighted by molar-refractivity contribution is 9.09. The molecule has 17 heavy (non-hydrogen) atoms. The molecule has 3 heteroatoms. The second-order valence-corrected chi connectivity index (χ2v) is 6.41. The Kier molecular flexibility index (Phi) is 7.05. The van der Waals surface area contributed by atoms with Crippen LogP contribution >= 0.6 is 15.9 Å². The van der Waals surface area contributed by atoms with E-state index in [9.17, 15) is 0 Å². The Morgan fingerprint density at radius 1 is 1.29 bits per heavy atom. The Hall–Kier alpha value is 0.400. The molecule has 0 spiro atoms. The van der Waals surface area contributed by atoms with Gasteiger partial charge >= 0.3 is 0 Å². The first-order valence-corrected chi connectivity index (χ1v) is 7.94. The standard InChI is InChI=1S/C14H28BrNO/c1-5-12-7-8-13(15)11(3)14(12)16(6-2)9-10-17-4/h11-14H,5-10H2,1-4H3. The molecule has 1 fully saturated rings. The van der Waals surface area contributed by atoms with Crippen molar-refractivity contribution in [1.82, 2.24) is 4.90 Å². The highest BCUT2D eigenvalue weighted by atomic mass is 79.9. The van der Waals surface area contributed by atoms with E-state index in [1.807, 2.05) is 0 Å². The molecular formula is C14H28BrNO. The van der Waals surface area contributed by atoms with E-state index < -0.39 is 0 Å². The van der Waals surface area contributed by atoms with E-state index in [0.29, 0.717) is 4.83 Å². The quantitative estimate of drug-likeness (QED) is 0.696. The number of hydrogen-bond donors (Lipinski definition) is 0. The average Bonchev–Trinajstić information content (AvgIpc) is 2.35. The van der Waals surface area contributed by atoms with Crippen molar-refractivity contribution in [2.45, 2.75) is 50.9 Å². The van der Waals surface area contributed by atoms with Crippen molar-refractivity contribution in [3.63, 3.8) is 0 Å². The molecule has 0 aromatic rings. The van der Waals surface area contributed by atoms with Crippen LogP contribution in [0.4, 0.5) is 0 Å². The van der Waals surface area contributed by atoms with E-state index in [1.165, 1.54) is 19.3 Å². The number of hydrogen-bond acceptors (Lipinski definition) is 2. The molecule has 4 unspecified atom stereocenters. The summed E-state index contributed by atoms with van der Waals surface area (Å²) < 4.78 is 5.24. The fraction of sp³-hybridized carbons (Fsp3) is 1.00. The molecule has 1 aliphatic carbocycles. The van der Waals surface area contributed by atoms with Crippen LogP contribution in [-0.4, -0.2) is 42.6 Å². The van der Waals surface area contributed by atoms with Crippen molar-refractivity contribution < 1.29 is 4.74 Å². The van der Waals surface area contributed by atoms with Crippen LogP contribution in [-0.2, 0) is 4.74 Å². The Labute approximate surface area is 115 Å². The normalized spacial score (nSPS) is 34.2. The summed E-state index contributed by atoms with van der Waals surface area (Å²) in [6.45, 7) is 10.1. The third kappa shape index (κ3) is 3.93. The monoisotopic (exact) mass is 305 g/mol. The fourth-order valence-corrected chi connectivity index (χ4v) is 3.83. The summed E-state index contributed by atoms with van der Waals surface area (Å²) in [6, 6.07) is 0.721. The Morgan fingerprint density at radius 3 is 2.53 bits per heavy atom. The second-order valence-electron chi connectivity index (χ2n) is 5.23. The number of nitrogens with zero attached hydrogens (tertiary/aromatic N) is 1. The molecule has 0 N–H and O–H groups in total. The lowest BCUT2D eigenvalue weighted by Crippen LogP contribution is -2.50. The van der Waals surface area contributed by atoms with Crippen molar-refractivity contribution in [2.75, 3.05) is 26.8 Å². The largest absolute Gasteiger partial charge is 0.383 e. The van der Waals surface area contributed by atoms with Crippen molar-refractivity contribution >= 4 is 15.9 Å². The van der Waals surface area contributed by atoms with Gasteiger partial charge in [-0.3, -0.25) is 4.90 Å². The van der Waals surface area contributed by atoms with Gasteiger partial charge in [0.15, 0.2) is 0 Å². The van der Waals surface area contributed by atoms with Crippen LogP contribution in [0.15, 0.2) is 0 Å².